The van der Waals surface area contributed by atoms with E-state index in [1.54, 1.807) is 0 Å². The lowest BCUT2D eigenvalue weighted by Gasteiger charge is -2.30. The van der Waals surface area contributed by atoms with Gasteiger partial charge in [-0.05, 0) is 101 Å². The number of hydrogen-bond donors (Lipinski definition) is 1. The average Bonchev–Trinajstić information content (AvgIpc) is 3.71. The molecule has 42 heavy (non-hydrogen) atoms. The number of carbonyl (C=O) groups is 1. The Morgan fingerprint density at radius 2 is 1.74 bits per heavy atom. The van der Waals surface area contributed by atoms with Gasteiger partial charge < -0.3 is 14.6 Å². The number of benzene rings is 3. The summed E-state index contributed by atoms with van der Waals surface area (Å²) in [6.07, 6.45) is 0.630. The molecule has 8 heteroatoms. The Morgan fingerprint density at radius 1 is 0.976 bits per heavy atom. The molecule has 224 valence electrons. The highest BCUT2D eigenvalue weighted by Crippen LogP contribution is 2.51. The van der Waals surface area contributed by atoms with Crippen LogP contribution in [0.1, 0.15) is 80.9 Å². The first kappa shape index (κ1) is 29.9. The second-order valence-electron chi connectivity index (χ2n) is 12.3. The molecule has 3 aromatic carbocycles. The molecule has 5 rings (SSSR count). The number of carboxylic acid groups (broad SMARTS) is 1. The molecule has 0 heterocycles. The third-order valence-corrected chi connectivity index (χ3v) is 8.66. The largest absolute Gasteiger partial charge is 0.489 e. The molecule has 3 aromatic rings. The van der Waals surface area contributed by atoms with Crippen LogP contribution < -0.4 is 9.47 Å². The van der Waals surface area contributed by atoms with Crippen molar-refractivity contribution in [2.75, 3.05) is 6.61 Å². The minimum absolute atomic E-state index is 0.0349. The van der Waals surface area contributed by atoms with Gasteiger partial charge in [-0.15, -0.1) is 0 Å². The third kappa shape index (κ3) is 7.26. The van der Waals surface area contributed by atoms with Gasteiger partial charge in [0.15, 0.2) is 6.61 Å². The summed E-state index contributed by atoms with van der Waals surface area (Å²) in [5, 5.41) is 9.39. The quantitative estimate of drug-likeness (QED) is 0.228. The van der Waals surface area contributed by atoms with Crippen LogP contribution in [0.25, 0.3) is 11.1 Å². The molecule has 0 spiro atoms. The molecular weight excluding hydrogens is 548 g/mol. The fourth-order valence-corrected chi connectivity index (χ4v) is 6.35. The van der Waals surface area contributed by atoms with Crippen molar-refractivity contribution in [2.45, 2.75) is 77.0 Å². The maximum atomic E-state index is 15.2. The first-order valence-corrected chi connectivity index (χ1v) is 14.5. The number of halogens is 4. The van der Waals surface area contributed by atoms with Crippen LogP contribution in [0.4, 0.5) is 17.6 Å². The van der Waals surface area contributed by atoms with Crippen LogP contribution in [-0.2, 0) is 11.4 Å². The second kappa shape index (κ2) is 12.0. The number of carboxylic acids is 1. The zero-order valence-electron chi connectivity index (χ0n) is 23.8. The predicted octanol–water partition coefficient (Wildman–Crippen LogP) is 9.27. The number of rotatable bonds is 11. The van der Waals surface area contributed by atoms with Crippen LogP contribution in [0.15, 0.2) is 60.7 Å². The molecule has 0 unspecified atom stereocenters. The highest BCUT2D eigenvalue weighted by molar-refractivity contribution is 5.71. The van der Waals surface area contributed by atoms with Gasteiger partial charge in [0.2, 0.25) is 0 Å². The predicted molar refractivity (Wildman–Crippen MR) is 152 cm³/mol. The molecule has 2 fully saturated rings. The van der Waals surface area contributed by atoms with E-state index in [1.165, 1.54) is 12.1 Å². The molecule has 2 aliphatic carbocycles. The molecule has 4 nitrogen and oxygen atoms in total. The fraction of sp³-hybridized carbons (Fsp3) is 0.441. The van der Waals surface area contributed by atoms with E-state index in [4.69, 9.17) is 9.47 Å². The van der Waals surface area contributed by atoms with Crippen molar-refractivity contribution in [2.24, 2.45) is 11.3 Å². The molecule has 1 N–H and O–H groups in total. The lowest BCUT2D eigenvalue weighted by molar-refractivity contribution is -0.153. The molecule has 0 amide bonds. The van der Waals surface area contributed by atoms with Crippen molar-refractivity contribution in [1.82, 2.24) is 0 Å². The van der Waals surface area contributed by atoms with Crippen molar-refractivity contribution in [3.63, 3.8) is 0 Å². The van der Waals surface area contributed by atoms with Crippen LogP contribution in [0.5, 0.6) is 11.5 Å². The molecule has 2 atom stereocenters. The van der Waals surface area contributed by atoms with Gasteiger partial charge in [-0.3, -0.25) is 4.79 Å². The fourth-order valence-electron chi connectivity index (χ4n) is 6.35. The lowest BCUT2D eigenvalue weighted by atomic mass is 9.75. The molecule has 0 bridgehead atoms. The van der Waals surface area contributed by atoms with E-state index in [0.717, 1.165) is 54.9 Å². The van der Waals surface area contributed by atoms with Crippen LogP contribution in [0.2, 0.25) is 0 Å². The smallest absolute Gasteiger partial charge is 0.422 e. The Balaban J connectivity index is 1.42. The van der Waals surface area contributed by atoms with Crippen LogP contribution in [0, 0.1) is 17.2 Å². The van der Waals surface area contributed by atoms with Crippen LogP contribution >= 0.6 is 0 Å². The number of alkyl halides is 3. The zero-order chi connectivity index (χ0) is 30.1. The van der Waals surface area contributed by atoms with Gasteiger partial charge >= 0.3 is 12.1 Å². The van der Waals surface area contributed by atoms with Gasteiger partial charge in [0.1, 0.15) is 23.9 Å². The number of hydrogen-bond acceptors (Lipinski definition) is 3. The molecule has 0 saturated heterocycles. The van der Waals surface area contributed by atoms with Crippen molar-refractivity contribution in [3.05, 3.63) is 83.2 Å². The molecule has 0 aliphatic heterocycles. The van der Waals surface area contributed by atoms with Crippen molar-refractivity contribution in [3.8, 4) is 22.6 Å². The molecular formula is C34H36F4O4. The SMILES string of the molecule is CC1(C)CCC[C@H]1c1cc(COc2cccc([C@@H](CC(=O)O)C3CC3)c2)ccc1-c1cc(OCC(F)(F)F)ccc1F. The topological polar surface area (TPSA) is 55.8 Å². The van der Waals surface area contributed by atoms with Crippen molar-refractivity contribution < 1.29 is 36.9 Å². The van der Waals surface area contributed by atoms with Crippen molar-refractivity contribution >= 4 is 5.97 Å². The van der Waals surface area contributed by atoms with Gasteiger partial charge in [0, 0.05) is 5.56 Å². The minimum atomic E-state index is -4.50. The van der Waals surface area contributed by atoms with E-state index >= 15 is 4.39 Å². The van der Waals surface area contributed by atoms with E-state index in [-0.39, 0.29) is 41.6 Å². The maximum absolute atomic E-state index is 15.2. The highest BCUT2D eigenvalue weighted by Gasteiger charge is 2.37. The van der Waals surface area contributed by atoms with Gasteiger partial charge in [-0.25, -0.2) is 4.39 Å². The number of ether oxygens (including phenoxy) is 2. The van der Waals surface area contributed by atoms with Gasteiger partial charge in [-0.1, -0.05) is 50.6 Å². The first-order valence-electron chi connectivity index (χ1n) is 14.5. The summed E-state index contributed by atoms with van der Waals surface area (Å²) in [4.78, 5) is 11.4. The van der Waals surface area contributed by atoms with E-state index in [0.29, 0.717) is 17.2 Å². The summed E-state index contributed by atoms with van der Waals surface area (Å²) in [5.41, 5.74) is 3.59. The minimum Gasteiger partial charge on any atom is -0.489 e. The van der Waals surface area contributed by atoms with E-state index < -0.39 is 24.6 Å². The van der Waals surface area contributed by atoms with Crippen LogP contribution in [0.3, 0.4) is 0 Å². The van der Waals surface area contributed by atoms with Gasteiger partial charge in [0.25, 0.3) is 0 Å². The van der Waals surface area contributed by atoms with E-state index in [2.05, 4.69) is 13.8 Å². The molecule has 0 aromatic heterocycles. The second-order valence-corrected chi connectivity index (χ2v) is 12.3. The summed E-state index contributed by atoms with van der Waals surface area (Å²) in [5.74, 6) is -0.249. The summed E-state index contributed by atoms with van der Waals surface area (Å²) in [6, 6.07) is 17.0. The summed E-state index contributed by atoms with van der Waals surface area (Å²) < 4.78 is 64.5. The molecule has 0 radical (unpaired) electrons. The monoisotopic (exact) mass is 584 g/mol. The van der Waals surface area contributed by atoms with E-state index in [1.807, 2.05) is 42.5 Å². The Labute approximate surface area is 243 Å². The van der Waals surface area contributed by atoms with Crippen LogP contribution in [-0.4, -0.2) is 23.9 Å². The lowest BCUT2D eigenvalue weighted by Crippen LogP contribution is -2.19. The normalized spacial score (nSPS) is 19.0. The summed E-state index contributed by atoms with van der Waals surface area (Å²) in [6.45, 7) is 3.19. The maximum Gasteiger partial charge on any atom is 0.422 e. The number of aliphatic carboxylic acids is 1. The third-order valence-electron chi connectivity index (χ3n) is 8.66. The highest BCUT2D eigenvalue weighted by atomic mass is 19.4. The van der Waals surface area contributed by atoms with Gasteiger partial charge in [0.05, 0.1) is 6.42 Å². The average molecular weight is 585 g/mol. The Bertz CT molecular complexity index is 1430. The summed E-state index contributed by atoms with van der Waals surface area (Å²) in [7, 11) is 0. The van der Waals surface area contributed by atoms with E-state index in [9.17, 15) is 23.1 Å². The Kier molecular flexibility index (Phi) is 8.53. The molecule has 2 saturated carbocycles. The Hall–Kier alpha value is -3.55. The van der Waals surface area contributed by atoms with Crippen molar-refractivity contribution in [1.29, 1.82) is 0 Å². The molecule has 2 aliphatic rings. The van der Waals surface area contributed by atoms with Gasteiger partial charge in [-0.2, -0.15) is 13.2 Å². The Morgan fingerprint density at radius 3 is 2.40 bits per heavy atom. The standard InChI is InChI=1S/C34H36F4O4/c1-33(2)14-4-7-30(33)28-15-21(8-12-26(28)29-17-25(11-13-31(29)35)42-20-34(36,37)38)19-41-24-6-3-5-23(16-24)27(18-32(39)40)22-9-10-22/h3,5-6,8,11-13,15-17,22,27,30H,4,7,9-10,14,18-20H2,1-2H3,(H,39,40)/t27-,30-/m0/s1. The first-order chi connectivity index (χ1) is 19.9. The zero-order valence-corrected chi connectivity index (χ0v) is 23.8. The summed E-state index contributed by atoms with van der Waals surface area (Å²) >= 11 is 0.